The van der Waals surface area contributed by atoms with Gasteiger partial charge in [0.25, 0.3) is 5.78 Å². The van der Waals surface area contributed by atoms with Gasteiger partial charge in [0.05, 0.1) is 6.04 Å². The van der Waals surface area contributed by atoms with Gasteiger partial charge in [-0.15, -0.1) is 0 Å². The number of nitrogens with one attached hydrogen (secondary N) is 1. The molecule has 10 nitrogen and oxygen atoms in total. The van der Waals surface area contributed by atoms with Crippen LogP contribution < -0.4 is 15.0 Å². The monoisotopic (exact) mass is 521 g/mol. The molecule has 0 aliphatic carbocycles. The first-order valence-electron chi connectivity index (χ1n) is 13.7. The van der Waals surface area contributed by atoms with E-state index in [1.165, 1.54) is 11.1 Å². The van der Waals surface area contributed by atoms with Crippen molar-refractivity contribution in [3.63, 3.8) is 0 Å². The second kappa shape index (κ2) is 11.6. The van der Waals surface area contributed by atoms with Crippen LogP contribution in [-0.2, 0) is 17.7 Å². The summed E-state index contributed by atoms with van der Waals surface area (Å²) in [7, 11) is 0. The van der Waals surface area contributed by atoms with Crippen LogP contribution >= 0.6 is 0 Å². The number of anilines is 1. The van der Waals surface area contributed by atoms with Gasteiger partial charge in [-0.2, -0.15) is 14.6 Å². The minimum absolute atomic E-state index is 0.276. The molecule has 0 unspecified atom stereocenters. The van der Waals surface area contributed by atoms with Crippen LogP contribution in [0.4, 0.5) is 10.6 Å². The maximum atomic E-state index is 11.8. The molecule has 204 valence electrons. The summed E-state index contributed by atoms with van der Waals surface area (Å²) in [6, 6.07) is 8.72. The quantitative estimate of drug-likeness (QED) is 0.425. The molecule has 0 saturated carbocycles. The predicted molar refractivity (Wildman–Crippen MR) is 146 cm³/mol. The highest BCUT2D eigenvalue weighted by Crippen LogP contribution is 2.30. The van der Waals surface area contributed by atoms with E-state index < -0.39 is 5.60 Å². The first-order chi connectivity index (χ1) is 18.4. The van der Waals surface area contributed by atoms with Crippen LogP contribution in [-0.4, -0.2) is 75.0 Å². The van der Waals surface area contributed by atoms with Gasteiger partial charge in [-0.1, -0.05) is 12.1 Å². The van der Waals surface area contributed by atoms with Gasteiger partial charge in [0.1, 0.15) is 30.1 Å². The van der Waals surface area contributed by atoms with Crippen molar-refractivity contribution >= 4 is 17.7 Å². The number of unbranched alkanes of at least 4 members (excludes halogenated alkanes) is 1. The van der Waals surface area contributed by atoms with Crippen molar-refractivity contribution in [1.82, 2.24) is 29.8 Å². The SMILES string of the molecule is CC(C)(C)OC(=O)NCCCCN1CCc2cccc(OC[C@H]3CCCN3c3ccnc4ncnn34)c2C1. The van der Waals surface area contributed by atoms with Gasteiger partial charge >= 0.3 is 6.09 Å². The molecule has 38 heavy (non-hydrogen) atoms. The summed E-state index contributed by atoms with van der Waals surface area (Å²) in [6.07, 6.45) is 8.17. The molecule has 5 rings (SSSR count). The third kappa shape index (κ3) is 6.35. The molecule has 1 saturated heterocycles. The molecule has 4 heterocycles. The maximum absolute atomic E-state index is 11.8. The summed E-state index contributed by atoms with van der Waals surface area (Å²) >= 11 is 0. The number of alkyl carbamates (subject to hydrolysis) is 1. The summed E-state index contributed by atoms with van der Waals surface area (Å²) in [5, 5.41) is 7.22. The van der Waals surface area contributed by atoms with Crippen molar-refractivity contribution in [2.45, 2.75) is 71.1 Å². The first-order valence-corrected chi connectivity index (χ1v) is 13.7. The maximum Gasteiger partial charge on any atom is 0.407 e. The molecule has 1 N–H and O–H groups in total. The minimum Gasteiger partial charge on any atom is -0.491 e. The number of carbonyl (C=O) groups excluding carboxylic acids is 1. The number of benzene rings is 1. The van der Waals surface area contributed by atoms with Gasteiger partial charge in [-0.05, 0) is 77.1 Å². The van der Waals surface area contributed by atoms with E-state index in [1.54, 1.807) is 12.5 Å². The number of hydrogen-bond acceptors (Lipinski definition) is 8. The van der Waals surface area contributed by atoms with Gasteiger partial charge < -0.3 is 19.7 Å². The third-order valence-corrected chi connectivity index (χ3v) is 7.14. The van der Waals surface area contributed by atoms with E-state index in [0.29, 0.717) is 18.9 Å². The standard InChI is InChI=1S/C28H39N7O3/c1-28(2,3)38-27(36)30-13-4-5-15-33-17-12-21-8-6-10-24(23(21)18-33)37-19-22-9-7-16-34(22)25-11-14-29-26-31-20-32-35(25)26/h6,8,10-11,14,20,22H,4-5,7,9,12-13,15-19H2,1-3H3,(H,30,36)/t22-/m1/s1. The Morgan fingerprint density at radius 1 is 1.16 bits per heavy atom. The van der Waals surface area contributed by atoms with Gasteiger partial charge in [-0.25, -0.2) is 9.78 Å². The summed E-state index contributed by atoms with van der Waals surface area (Å²) in [6.45, 7) is 10.8. The lowest BCUT2D eigenvalue weighted by Crippen LogP contribution is -2.36. The second-order valence-corrected chi connectivity index (χ2v) is 11.1. The molecule has 10 heteroatoms. The van der Waals surface area contributed by atoms with Gasteiger partial charge in [-0.3, -0.25) is 4.90 Å². The van der Waals surface area contributed by atoms with Crippen LogP contribution in [0.25, 0.3) is 5.78 Å². The van der Waals surface area contributed by atoms with E-state index >= 15 is 0 Å². The molecule has 0 radical (unpaired) electrons. The van der Waals surface area contributed by atoms with Crippen molar-refractivity contribution in [2.75, 3.05) is 37.7 Å². The van der Waals surface area contributed by atoms with E-state index in [-0.39, 0.29) is 12.1 Å². The van der Waals surface area contributed by atoms with Crippen molar-refractivity contribution in [1.29, 1.82) is 0 Å². The number of hydrogen-bond donors (Lipinski definition) is 1. The highest BCUT2D eigenvalue weighted by Gasteiger charge is 2.28. The summed E-state index contributed by atoms with van der Waals surface area (Å²) in [5.41, 5.74) is 2.22. The zero-order valence-electron chi connectivity index (χ0n) is 22.7. The second-order valence-electron chi connectivity index (χ2n) is 11.1. The molecule has 0 bridgehead atoms. The van der Waals surface area contributed by atoms with E-state index in [0.717, 1.165) is 69.9 Å². The highest BCUT2D eigenvalue weighted by molar-refractivity contribution is 5.67. The number of carbonyl (C=O) groups is 1. The van der Waals surface area contributed by atoms with Crippen molar-refractivity contribution in [3.05, 3.63) is 47.9 Å². The largest absolute Gasteiger partial charge is 0.491 e. The molecular formula is C28H39N7O3. The molecule has 1 amide bonds. The molecule has 2 aliphatic rings. The lowest BCUT2D eigenvalue weighted by Gasteiger charge is -2.31. The van der Waals surface area contributed by atoms with Crippen LogP contribution in [0, 0.1) is 0 Å². The smallest absolute Gasteiger partial charge is 0.407 e. The first kappa shape index (κ1) is 26.2. The number of aromatic nitrogens is 4. The Morgan fingerprint density at radius 2 is 2.05 bits per heavy atom. The van der Waals surface area contributed by atoms with Crippen LogP contribution in [0.2, 0.25) is 0 Å². The van der Waals surface area contributed by atoms with Gasteiger partial charge in [0.15, 0.2) is 0 Å². The normalized spacial score (nSPS) is 18.0. The van der Waals surface area contributed by atoms with Gasteiger partial charge in [0, 0.05) is 37.9 Å². The van der Waals surface area contributed by atoms with E-state index in [1.807, 2.05) is 31.4 Å². The molecule has 1 aromatic carbocycles. The Labute approximate surface area is 224 Å². The molecule has 1 fully saturated rings. The van der Waals surface area contributed by atoms with Crippen LogP contribution in [0.5, 0.6) is 5.75 Å². The lowest BCUT2D eigenvalue weighted by atomic mass is 9.98. The fraction of sp³-hybridized carbons (Fsp3) is 0.571. The number of ether oxygens (including phenoxy) is 2. The van der Waals surface area contributed by atoms with Crippen molar-refractivity contribution in [2.24, 2.45) is 0 Å². The molecular weight excluding hydrogens is 482 g/mol. The Bertz CT molecular complexity index is 1240. The molecule has 2 aromatic heterocycles. The van der Waals surface area contributed by atoms with E-state index in [4.69, 9.17) is 9.47 Å². The van der Waals surface area contributed by atoms with E-state index in [9.17, 15) is 4.79 Å². The molecule has 2 aliphatic heterocycles. The van der Waals surface area contributed by atoms with Crippen LogP contribution in [0.15, 0.2) is 36.8 Å². The average molecular weight is 522 g/mol. The van der Waals surface area contributed by atoms with Crippen molar-refractivity contribution in [3.8, 4) is 5.75 Å². The fourth-order valence-electron chi connectivity index (χ4n) is 5.34. The Balaban J connectivity index is 1.14. The predicted octanol–water partition coefficient (Wildman–Crippen LogP) is 3.84. The fourth-order valence-corrected chi connectivity index (χ4v) is 5.34. The lowest BCUT2D eigenvalue weighted by molar-refractivity contribution is 0.0526. The summed E-state index contributed by atoms with van der Waals surface area (Å²) < 4.78 is 13.6. The van der Waals surface area contributed by atoms with E-state index in [2.05, 4.69) is 48.4 Å². The third-order valence-electron chi connectivity index (χ3n) is 7.14. The van der Waals surface area contributed by atoms with Crippen molar-refractivity contribution < 1.29 is 14.3 Å². The zero-order chi connectivity index (χ0) is 26.5. The Hall–Kier alpha value is -3.40. The number of amides is 1. The Morgan fingerprint density at radius 3 is 2.92 bits per heavy atom. The van der Waals surface area contributed by atoms with Crippen LogP contribution in [0.3, 0.4) is 0 Å². The Kier molecular flexibility index (Phi) is 7.97. The number of rotatable bonds is 9. The summed E-state index contributed by atoms with van der Waals surface area (Å²) in [5.74, 6) is 2.62. The minimum atomic E-state index is -0.468. The van der Waals surface area contributed by atoms with Gasteiger partial charge in [0.2, 0.25) is 0 Å². The molecule has 0 spiro atoms. The molecule has 3 aromatic rings. The highest BCUT2D eigenvalue weighted by atomic mass is 16.6. The van der Waals surface area contributed by atoms with Crippen LogP contribution in [0.1, 0.15) is 57.6 Å². The summed E-state index contributed by atoms with van der Waals surface area (Å²) in [4.78, 5) is 25.2. The average Bonchev–Trinajstić information content (AvgIpc) is 3.55. The number of nitrogens with zero attached hydrogens (tertiary/aromatic N) is 6. The number of fused-ring (bicyclic) bond motifs is 2. The molecule has 1 atom stereocenters. The topological polar surface area (TPSA) is 97.1 Å². The zero-order valence-corrected chi connectivity index (χ0v) is 22.7.